The summed E-state index contributed by atoms with van der Waals surface area (Å²) in [6.07, 6.45) is 5.55. The van der Waals surface area contributed by atoms with Crippen LogP contribution in [0, 0.1) is 11.8 Å². The van der Waals surface area contributed by atoms with Crippen molar-refractivity contribution in [2.24, 2.45) is 11.8 Å². The van der Waals surface area contributed by atoms with E-state index in [0.717, 1.165) is 11.8 Å². The Hall–Kier alpha value is -0.0800. The Morgan fingerprint density at radius 1 is 0.867 bits per heavy atom. The van der Waals surface area contributed by atoms with Gasteiger partial charge in [-0.2, -0.15) is 0 Å². The van der Waals surface area contributed by atoms with Crippen LogP contribution in [0.2, 0.25) is 0 Å². The third kappa shape index (κ3) is 6.16. The summed E-state index contributed by atoms with van der Waals surface area (Å²) in [6, 6.07) is 0. The van der Waals surface area contributed by atoms with Crippen LogP contribution in [0.3, 0.4) is 0 Å². The fourth-order valence-corrected chi connectivity index (χ4v) is 2.10. The van der Waals surface area contributed by atoms with Gasteiger partial charge in [-0.1, -0.05) is 13.8 Å². The molecule has 15 heavy (non-hydrogen) atoms. The second kappa shape index (κ2) is 7.24. The van der Waals surface area contributed by atoms with Gasteiger partial charge in [-0.25, -0.2) is 0 Å². The number of piperidine rings is 2. The molecule has 0 amide bonds. The molecule has 0 spiro atoms. The van der Waals surface area contributed by atoms with Crippen LogP contribution in [0.1, 0.15) is 39.5 Å². The van der Waals surface area contributed by atoms with E-state index in [1.54, 1.807) is 0 Å². The highest BCUT2D eigenvalue weighted by Crippen LogP contribution is 2.13. The smallest absolute Gasteiger partial charge is 0.00192 e. The van der Waals surface area contributed by atoms with E-state index in [9.17, 15) is 0 Å². The molecule has 2 aliphatic heterocycles. The molecule has 0 aromatic heterocycles. The van der Waals surface area contributed by atoms with E-state index in [1.165, 1.54) is 51.9 Å². The molecule has 0 saturated carbocycles. The van der Waals surface area contributed by atoms with Crippen LogP contribution in [-0.4, -0.2) is 38.1 Å². The van der Waals surface area contributed by atoms with Crippen LogP contribution in [0.25, 0.3) is 0 Å². The predicted octanol–water partition coefficient (Wildman–Crippen LogP) is 2.35. The summed E-state index contributed by atoms with van der Waals surface area (Å²) in [5, 5.41) is 3.32. The van der Waals surface area contributed by atoms with Crippen molar-refractivity contribution in [3.05, 3.63) is 0 Å². The van der Waals surface area contributed by atoms with Crippen molar-refractivity contribution in [1.29, 1.82) is 0 Å². The molecule has 0 aliphatic carbocycles. The largest absolute Gasteiger partial charge is 0.317 e. The van der Waals surface area contributed by atoms with E-state index in [2.05, 4.69) is 31.1 Å². The fraction of sp³-hybridized carbons (Fsp3) is 1.00. The number of hydrogen-bond acceptors (Lipinski definition) is 2. The zero-order valence-corrected chi connectivity index (χ0v) is 10.8. The van der Waals surface area contributed by atoms with E-state index in [1.807, 2.05) is 0 Å². The van der Waals surface area contributed by atoms with E-state index >= 15 is 0 Å². The summed E-state index contributed by atoms with van der Waals surface area (Å²) in [5.41, 5.74) is 0. The minimum Gasteiger partial charge on any atom is -0.317 e. The lowest BCUT2D eigenvalue weighted by Crippen LogP contribution is -2.28. The Morgan fingerprint density at radius 2 is 1.33 bits per heavy atom. The van der Waals surface area contributed by atoms with Gasteiger partial charge in [0.2, 0.25) is 0 Å². The first-order valence-corrected chi connectivity index (χ1v) is 6.57. The summed E-state index contributed by atoms with van der Waals surface area (Å²) in [6.45, 7) is 9.75. The number of nitrogens with zero attached hydrogens (tertiary/aromatic N) is 1. The highest BCUT2D eigenvalue weighted by atomic mass is 15.1. The first-order valence-electron chi connectivity index (χ1n) is 6.57. The van der Waals surface area contributed by atoms with Gasteiger partial charge in [0.05, 0.1) is 0 Å². The fourth-order valence-electron chi connectivity index (χ4n) is 2.10. The van der Waals surface area contributed by atoms with Gasteiger partial charge in [-0.05, 0) is 70.7 Å². The number of rotatable bonds is 0. The summed E-state index contributed by atoms with van der Waals surface area (Å²) < 4.78 is 0. The van der Waals surface area contributed by atoms with Crippen molar-refractivity contribution in [2.45, 2.75) is 39.5 Å². The number of likely N-dealkylation sites (tertiary alicyclic amines) is 1. The van der Waals surface area contributed by atoms with Gasteiger partial charge in [0, 0.05) is 0 Å². The van der Waals surface area contributed by atoms with Crippen LogP contribution in [0.5, 0.6) is 0 Å². The second-order valence-electron chi connectivity index (χ2n) is 5.42. The van der Waals surface area contributed by atoms with Gasteiger partial charge in [0.15, 0.2) is 0 Å². The molecule has 2 saturated heterocycles. The van der Waals surface area contributed by atoms with E-state index < -0.39 is 0 Å². The van der Waals surface area contributed by atoms with E-state index in [0.29, 0.717) is 0 Å². The Bertz CT molecular complexity index is 135. The maximum absolute atomic E-state index is 3.32. The lowest BCUT2D eigenvalue weighted by molar-refractivity contribution is 0.230. The van der Waals surface area contributed by atoms with E-state index in [4.69, 9.17) is 0 Å². The van der Waals surface area contributed by atoms with Gasteiger partial charge in [0.25, 0.3) is 0 Å². The summed E-state index contributed by atoms with van der Waals surface area (Å²) in [7, 11) is 2.20. The van der Waals surface area contributed by atoms with Gasteiger partial charge < -0.3 is 10.2 Å². The molecule has 2 heteroatoms. The van der Waals surface area contributed by atoms with Crippen LogP contribution >= 0.6 is 0 Å². The summed E-state index contributed by atoms with van der Waals surface area (Å²) in [4.78, 5) is 2.40. The zero-order chi connectivity index (χ0) is 11.1. The second-order valence-corrected chi connectivity index (χ2v) is 5.42. The van der Waals surface area contributed by atoms with Crippen molar-refractivity contribution >= 4 is 0 Å². The molecule has 2 rings (SSSR count). The molecule has 90 valence electrons. The third-order valence-corrected chi connectivity index (χ3v) is 3.64. The quantitative estimate of drug-likeness (QED) is 0.663. The molecular weight excluding hydrogens is 184 g/mol. The van der Waals surface area contributed by atoms with Crippen molar-refractivity contribution in [1.82, 2.24) is 10.2 Å². The number of hydrogen-bond donors (Lipinski definition) is 1. The first-order chi connectivity index (χ1) is 7.18. The van der Waals surface area contributed by atoms with Gasteiger partial charge in [-0.15, -0.1) is 0 Å². The van der Waals surface area contributed by atoms with Crippen LogP contribution in [0.15, 0.2) is 0 Å². The molecule has 0 aromatic carbocycles. The average molecular weight is 212 g/mol. The van der Waals surface area contributed by atoms with Gasteiger partial charge >= 0.3 is 0 Å². The summed E-state index contributed by atoms with van der Waals surface area (Å²) >= 11 is 0. The van der Waals surface area contributed by atoms with Crippen LogP contribution in [-0.2, 0) is 0 Å². The zero-order valence-electron chi connectivity index (χ0n) is 10.8. The molecular formula is C13H28N2. The molecule has 0 atom stereocenters. The normalized spacial score (nSPS) is 25.8. The molecule has 0 aromatic rings. The third-order valence-electron chi connectivity index (χ3n) is 3.64. The SMILES string of the molecule is CC1CCN(C)CC1.CC1CCNCC1. The van der Waals surface area contributed by atoms with Crippen molar-refractivity contribution in [2.75, 3.05) is 33.2 Å². The Labute approximate surface area is 95.4 Å². The van der Waals surface area contributed by atoms with Crippen LogP contribution < -0.4 is 5.32 Å². The maximum Gasteiger partial charge on any atom is -0.00192 e. The van der Waals surface area contributed by atoms with Crippen molar-refractivity contribution in [3.63, 3.8) is 0 Å². The first kappa shape index (κ1) is 13.0. The highest BCUT2D eigenvalue weighted by Gasteiger charge is 2.10. The van der Waals surface area contributed by atoms with Crippen LogP contribution in [0.4, 0.5) is 0 Å². The standard InChI is InChI=1S/C7H15N.C6H13N/c1-7-3-5-8(2)6-4-7;1-6-2-4-7-5-3-6/h7H,3-6H2,1-2H3;6-7H,2-5H2,1H3. The molecule has 0 radical (unpaired) electrons. The Morgan fingerprint density at radius 3 is 1.67 bits per heavy atom. The molecule has 2 aliphatic rings. The maximum atomic E-state index is 3.32. The lowest BCUT2D eigenvalue weighted by atomic mass is 10.00. The van der Waals surface area contributed by atoms with Gasteiger partial charge in [-0.3, -0.25) is 0 Å². The molecule has 0 unspecified atom stereocenters. The minimum atomic E-state index is 0.973. The molecule has 2 heterocycles. The predicted molar refractivity (Wildman–Crippen MR) is 67.2 cm³/mol. The van der Waals surface area contributed by atoms with Crippen molar-refractivity contribution in [3.8, 4) is 0 Å². The Balaban J connectivity index is 0.000000151. The number of nitrogens with one attached hydrogen (secondary N) is 1. The summed E-state index contributed by atoms with van der Waals surface area (Å²) in [5.74, 6) is 1.95. The van der Waals surface area contributed by atoms with Gasteiger partial charge in [0.1, 0.15) is 0 Å². The highest BCUT2D eigenvalue weighted by molar-refractivity contribution is 4.65. The molecule has 2 nitrogen and oxygen atoms in total. The average Bonchev–Trinajstić information content (AvgIpc) is 2.25. The Kier molecular flexibility index (Phi) is 6.26. The minimum absolute atomic E-state index is 0.973. The van der Waals surface area contributed by atoms with E-state index in [-0.39, 0.29) is 0 Å². The van der Waals surface area contributed by atoms with Crippen molar-refractivity contribution < 1.29 is 0 Å². The lowest BCUT2D eigenvalue weighted by Gasteiger charge is -2.26. The monoisotopic (exact) mass is 212 g/mol. The molecule has 2 fully saturated rings. The molecule has 0 bridgehead atoms. The molecule has 1 N–H and O–H groups in total. The topological polar surface area (TPSA) is 15.3 Å².